The van der Waals surface area contributed by atoms with Crippen LogP contribution < -0.4 is 9.47 Å². The van der Waals surface area contributed by atoms with Gasteiger partial charge >= 0.3 is 0 Å². The van der Waals surface area contributed by atoms with Gasteiger partial charge in [0, 0.05) is 33.9 Å². The largest absolute Gasteiger partial charge is 0.494 e. The maximum atomic E-state index is 6.40. The lowest BCUT2D eigenvalue weighted by atomic mass is 9.71. The fraction of sp³-hybridized carbons (Fsp3) is 0.605. The van der Waals surface area contributed by atoms with Crippen molar-refractivity contribution in [2.45, 2.75) is 278 Å². The number of nitrogens with one attached hydrogen (secondary N) is 2. The summed E-state index contributed by atoms with van der Waals surface area (Å²) in [5.74, 6) is 1.86. The van der Waals surface area contributed by atoms with Gasteiger partial charge in [-0.3, -0.25) is 9.98 Å². The molecule has 0 amide bonds. The van der Waals surface area contributed by atoms with Gasteiger partial charge in [0.25, 0.3) is 0 Å². The molecule has 0 atom stereocenters. The molecular weight excluding hydrogens is 1000 g/mol. The Labute approximate surface area is 500 Å². The first-order valence-corrected chi connectivity index (χ1v) is 34.3. The first kappa shape index (κ1) is 64.5. The Morgan fingerprint density at radius 2 is 0.622 bits per heavy atom. The molecule has 6 heteroatoms. The summed E-state index contributed by atoms with van der Waals surface area (Å²) >= 11 is 0. The third kappa shape index (κ3) is 18.4. The van der Waals surface area contributed by atoms with Crippen LogP contribution in [-0.4, -0.2) is 34.6 Å². The molecule has 0 radical (unpaired) electrons. The molecule has 3 aliphatic heterocycles. The lowest BCUT2D eigenvalue weighted by Gasteiger charge is -2.33. The molecule has 82 heavy (non-hydrogen) atoms. The van der Waals surface area contributed by atoms with Crippen LogP contribution in [0.1, 0.15) is 307 Å². The van der Waals surface area contributed by atoms with Crippen LogP contribution in [0.15, 0.2) is 118 Å². The molecule has 7 rings (SSSR count). The van der Waals surface area contributed by atoms with Crippen molar-refractivity contribution in [3.05, 3.63) is 142 Å². The molecule has 3 aliphatic rings. The van der Waals surface area contributed by atoms with Gasteiger partial charge in [0.2, 0.25) is 0 Å². The van der Waals surface area contributed by atoms with Gasteiger partial charge in [0.15, 0.2) is 0 Å². The van der Waals surface area contributed by atoms with Gasteiger partial charge in [-0.05, 0) is 122 Å². The van der Waals surface area contributed by atoms with E-state index in [0.29, 0.717) is 0 Å². The Hall–Kier alpha value is -5.10. The van der Waals surface area contributed by atoms with Crippen molar-refractivity contribution in [3.8, 4) is 11.5 Å². The van der Waals surface area contributed by atoms with Crippen molar-refractivity contribution in [1.29, 1.82) is 0 Å². The van der Waals surface area contributed by atoms with E-state index in [9.17, 15) is 0 Å². The monoisotopic (exact) mass is 1110 g/mol. The second-order valence-electron chi connectivity index (χ2n) is 24.9. The van der Waals surface area contributed by atoms with Gasteiger partial charge in [-0.15, -0.1) is 0 Å². The van der Waals surface area contributed by atoms with Crippen LogP contribution in [0, 0.1) is 5.41 Å². The number of unbranched alkanes of at least 4 members (excludes halogenated alkanes) is 26. The number of hydrogen-bond acceptors (Lipinski definition) is 4. The summed E-state index contributed by atoms with van der Waals surface area (Å²) in [5.41, 5.74) is 12.8. The van der Waals surface area contributed by atoms with Crippen molar-refractivity contribution in [1.82, 2.24) is 9.97 Å². The predicted octanol–water partition coefficient (Wildman–Crippen LogP) is 23.1. The van der Waals surface area contributed by atoms with Gasteiger partial charge in [0.1, 0.15) is 11.5 Å². The van der Waals surface area contributed by atoms with E-state index in [0.717, 1.165) is 145 Å². The molecule has 0 fully saturated rings. The number of rotatable bonds is 42. The van der Waals surface area contributed by atoms with E-state index in [1.165, 1.54) is 178 Å². The number of aliphatic imine (C=N–C) groups is 2. The number of benzene rings is 2. The summed E-state index contributed by atoms with van der Waals surface area (Å²) in [7, 11) is 0. The Morgan fingerprint density at radius 1 is 0.317 bits per heavy atom. The molecule has 2 N–H and O–H groups in total. The summed E-state index contributed by atoms with van der Waals surface area (Å²) in [4.78, 5) is 19.7. The molecule has 5 heterocycles. The van der Waals surface area contributed by atoms with E-state index in [2.05, 4.69) is 149 Å². The third-order valence-corrected chi connectivity index (χ3v) is 18.2. The minimum Gasteiger partial charge on any atom is -0.494 e. The smallest absolute Gasteiger partial charge is 0.119 e. The highest BCUT2D eigenvalue weighted by Crippen LogP contribution is 2.46. The molecule has 0 spiro atoms. The quantitative estimate of drug-likeness (QED) is 0.0434. The molecule has 6 nitrogen and oxygen atoms in total. The number of nitrogens with zero attached hydrogens (tertiary/aromatic N) is 2. The van der Waals surface area contributed by atoms with Gasteiger partial charge in [0.05, 0.1) is 46.9 Å². The zero-order valence-electron chi connectivity index (χ0n) is 52.8. The van der Waals surface area contributed by atoms with Crippen molar-refractivity contribution >= 4 is 22.6 Å². The Morgan fingerprint density at radius 3 is 0.939 bits per heavy atom. The van der Waals surface area contributed by atoms with Crippen LogP contribution in [0.25, 0.3) is 11.1 Å². The molecular formula is C76H112N4O2. The fourth-order valence-corrected chi connectivity index (χ4v) is 13.8. The van der Waals surface area contributed by atoms with E-state index in [4.69, 9.17) is 19.5 Å². The Kier molecular flexibility index (Phi) is 28.2. The van der Waals surface area contributed by atoms with Crippen LogP contribution in [0.3, 0.4) is 0 Å². The number of hydrogen-bond donors (Lipinski definition) is 2. The van der Waals surface area contributed by atoms with E-state index < -0.39 is 0 Å². The first-order chi connectivity index (χ1) is 40.4. The average Bonchev–Trinajstić information content (AvgIpc) is 3.39. The molecule has 448 valence electrons. The summed E-state index contributed by atoms with van der Waals surface area (Å²) < 4.78 is 12.8. The molecule has 0 saturated carbocycles. The number of allylic oxidation sites excluding steroid dienone is 4. The lowest BCUT2D eigenvalue weighted by Crippen LogP contribution is -2.37. The molecule has 2 aromatic carbocycles. The van der Waals surface area contributed by atoms with Crippen LogP contribution >= 0.6 is 0 Å². The van der Waals surface area contributed by atoms with E-state index >= 15 is 0 Å². The van der Waals surface area contributed by atoms with Crippen LogP contribution in [0.4, 0.5) is 0 Å². The zero-order valence-corrected chi connectivity index (χ0v) is 52.8. The lowest BCUT2D eigenvalue weighted by molar-refractivity contribution is 0.304. The molecule has 0 saturated heterocycles. The second-order valence-corrected chi connectivity index (χ2v) is 24.9. The summed E-state index contributed by atoms with van der Waals surface area (Å²) in [5, 5.41) is 0. The molecule has 4 aromatic rings. The fourth-order valence-electron chi connectivity index (χ4n) is 13.8. The molecule has 2 aromatic heterocycles. The number of fused-ring (bicyclic) bond motifs is 6. The predicted molar refractivity (Wildman–Crippen MR) is 354 cm³/mol. The average molecular weight is 1110 g/mol. The molecule has 0 aliphatic carbocycles. The highest BCUT2D eigenvalue weighted by Gasteiger charge is 2.41. The highest BCUT2D eigenvalue weighted by molar-refractivity contribution is 6.22. The highest BCUT2D eigenvalue weighted by atomic mass is 16.5. The standard InChI is InChI=1S/C76H112N4O2/c1-7-13-15-17-19-21-23-25-27-29-31-33-35-37-59-81-63-43-39-61(40-44-63)73-65-47-51-69(77-65)75(55-9-3,56-10-4)71-53-49-67(79-71)74(68-50-54-72(80-68)76(57-11-5,58-12-6)70-52-48-66(73)78-70)62-41-45-64(46-42-62)82-60-38-36-34-32-30-28-26-24-22-20-18-16-14-8-2/h39-54,77,79H,7-38,55-60H2,1-6H3/b73-66-,74-68-. The van der Waals surface area contributed by atoms with E-state index in [-0.39, 0.29) is 10.8 Å². The number of H-pyrrole nitrogens is 2. The SMILES string of the molecule is CCCCCCCCCCCCCCCCOc1ccc(/C2=C3\C=CC(=N3)C(CCC)(CCC)C3=N/C(=C(/c4ccc(OCCCCCCCCCCCCCCCC)cc4)c4ccc([nH]4)C(CCC)(CCC)c4ccc2[nH]4)C=C3)cc1. The van der Waals surface area contributed by atoms with Crippen LogP contribution in [0.2, 0.25) is 0 Å². The normalized spacial score (nSPS) is 17.0. The van der Waals surface area contributed by atoms with Gasteiger partial charge in [-0.25, -0.2) is 0 Å². The summed E-state index contributed by atoms with van der Waals surface area (Å²) in [6, 6.07) is 27.0. The van der Waals surface area contributed by atoms with Crippen LogP contribution in [0.5, 0.6) is 11.5 Å². The first-order valence-electron chi connectivity index (χ1n) is 34.3. The topological polar surface area (TPSA) is 74.8 Å². The van der Waals surface area contributed by atoms with E-state index in [1.807, 2.05) is 0 Å². The Balaban J connectivity index is 1.08. The minimum atomic E-state index is -0.345. The second kappa shape index (κ2) is 35.9. The number of ether oxygens (including phenoxy) is 2. The number of aromatic amines is 2. The molecule has 8 bridgehead atoms. The van der Waals surface area contributed by atoms with Crippen molar-refractivity contribution in [2.24, 2.45) is 15.4 Å². The summed E-state index contributed by atoms with van der Waals surface area (Å²) in [6.45, 7) is 15.4. The zero-order chi connectivity index (χ0) is 57.5. The van der Waals surface area contributed by atoms with Gasteiger partial charge in [-0.2, -0.15) is 0 Å². The number of aromatic nitrogens is 2. The maximum absolute atomic E-state index is 6.40. The van der Waals surface area contributed by atoms with Crippen molar-refractivity contribution in [3.63, 3.8) is 0 Å². The van der Waals surface area contributed by atoms with Crippen LogP contribution in [-0.2, 0) is 5.41 Å². The maximum Gasteiger partial charge on any atom is 0.119 e. The summed E-state index contributed by atoms with van der Waals surface area (Å²) in [6.07, 6.45) is 55.3. The molecule has 0 unspecified atom stereocenters. The third-order valence-electron chi connectivity index (χ3n) is 18.2. The van der Waals surface area contributed by atoms with Crippen molar-refractivity contribution < 1.29 is 9.47 Å². The van der Waals surface area contributed by atoms with Gasteiger partial charge < -0.3 is 19.4 Å². The van der Waals surface area contributed by atoms with Gasteiger partial charge in [-0.1, -0.05) is 258 Å². The minimum absolute atomic E-state index is 0.254. The van der Waals surface area contributed by atoms with E-state index in [1.54, 1.807) is 0 Å². The van der Waals surface area contributed by atoms with Crippen molar-refractivity contribution in [2.75, 3.05) is 13.2 Å². The Bertz CT molecular complexity index is 2450.